The summed E-state index contributed by atoms with van der Waals surface area (Å²) in [5, 5.41) is 10.9. The Morgan fingerprint density at radius 1 is 1.08 bits per heavy atom. The second kappa shape index (κ2) is 6.12. The molecule has 2 N–H and O–H groups in total. The van der Waals surface area contributed by atoms with Gasteiger partial charge in [0.2, 0.25) is 0 Å². The van der Waals surface area contributed by atoms with Crippen LogP contribution in [0, 0.1) is 10.1 Å². The molecule has 0 saturated carbocycles. The highest BCUT2D eigenvalue weighted by molar-refractivity contribution is 7.87. The summed E-state index contributed by atoms with van der Waals surface area (Å²) >= 11 is 0. The van der Waals surface area contributed by atoms with E-state index >= 15 is 0 Å². The highest BCUT2D eigenvalue weighted by Crippen LogP contribution is 2.28. The first-order valence-electron chi connectivity index (χ1n) is 7.10. The van der Waals surface area contributed by atoms with Gasteiger partial charge in [-0.05, 0) is 35.2 Å². The number of nitrogens with zero attached hydrogens (tertiary/aromatic N) is 1. The van der Waals surface area contributed by atoms with Gasteiger partial charge in [-0.2, -0.15) is 8.42 Å². The summed E-state index contributed by atoms with van der Waals surface area (Å²) in [6.45, 7) is 6.10. The van der Waals surface area contributed by atoms with E-state index < -0.39 is 20.7 Å². The molecule has 0 fully saturated rings. The molecule has 0 saturated heterocycles. The van der Waals surface area contributed by atoms with E-state index in [1.165, 1.54) is 6.07 Å². The molecule has 7 nitrogen and oxygen atoms in total. The zero-order chi connectivity index (χ0) is 18.1. The zero-order valence-corrected chi connectivity index (χ0v) is 14.3. The molecule has 2 rings (SSSR count). The van der Waals surface area contributed by atoms with E-state index in [-0.39, 0.29) is 21.7 Å². The second-order valence-corrected chi connectivity index (χ2v) is 7.84. The van der Waals surface area contributed by atoms with Crippen LogP contribution in [0.15, 0.2) is 47.4 Å². The third kappa shape index (κ3) is 3.83. The Labute approximate surface area is 140 Å². The van der Waals surface area contributed by atoms with Crippen molar-refractivity contribution in [1.29, 1.82) is 0 Å². The number of rotatable bonds is 4. The van der Waals surface area contributed by atoms with Crippen LogP contribution in [0.1, 0.15) is 26.3 Å². The largest absolute Gasteiger partial charge is 0.393 e. The van der Waals surface area contributed by atoms with Gasteiger partial charge in [0, 0.05) is 6.07 Å². The van der Waals surface area contributed by atoms with Gasteiger partial charge in [-0.15, -0.1) is 0 Å². The van der Waals surface area contributed by atoms with Crippen LogP contribution in [-0.2, 0) is 15.5 Å². The summed E-state index contributed by atoms with van der Waals surface area (Å²) in [5.74, 6) is 0.127. The minimum absolute atomic E-state index is 0.0744. The van der Waals surface area contributed by atoms with Gasteiger partial charge in [-0.1, -0.05) is 32.9 Å². The summed E-state index contributed by atoms with van der Waals surface area (Å²) in [6.07, 6.45) is 0. The molecular formula is C16H18N2O5S. The van der Waals surface area contributed by atoms with E-state index in [0.29, 0.717) is 0 Å². The molecule has 0 spiro atoms. The van der Waals surface area contributed by atoms with Gasteiger partial charge < -0.3 is 9.92 Å². The maximum Gasteiger partial charge on any atom is 0.339 e. The molecule has 0 amide bonds. The van der Waals surface area contributed by atoms with Crippen LogP contribution in [-0.4, -0.2) is 13.3 Å². The molecule has 0 aromatic heterocycles. The number of nitrogens with two attached hydrogens (primary N) is 1. The first-order chi connectivity index (χ1) is 11.0. The van der Waals surface area contributed by atoms with Crippen LogP contribution >= 0.6 is 0 Å². The second-order valence-electron chi connectivity index (χ2n) is 6.29. The maximum absolute atomic E-state index is 12.3. The third-order valence-corrected chi connectivity index (χ3v) is 4.66. The Hall–Kier alpha value is -2.61. The van der Waals surface area contributed by atoms with Crippen molar-refractivity contribution >= 4 is 21.5 Å². The average Bonchev–Trinajstić information content (AvgIpc) is 2.46. The van der Waals surface area contributed by atoms with E-state index in [9.17, 15) is 18.5 Å². The van der Waals surface area contributed by atoms with Gasteiger partial charge in [0.15, 0.2) is 0 Å². The molecule has 2 aromatic carbocycles. The van der Waals surface area contributed by atoms with Crippen molar-refractivity contribution in [3.8, 4) is 5.75 Å². The first kappa shape index (κ1) is 17.7. The summed E-state index contributed by atoms with van der Waals surface area (Å²) in [4.78, 5) is 9.81. The number of benzene rings is 2. The predicted molar refractivity (Wildman–Crippen MR) is 90.5 cm³/mol. The minimum Gasteiger partial charge on any atom is -0.393 e. The summed E-state index contributed by atoms with van der Waals surface area (Å²) < 4.78 is 29.6. The summed E-state index contributed by atoms with van der Waals surface area (Å²) in [7, 11) is -4.19. The Morgan fingerprint density at radius 2 is 1.67 bits per heavy atom. The summed E-state index contributed by atoms with van der Waals surface area (Å²) in [6, 6.07) is 9.85. The van der Waals surface area contributed by atoms with Gasteiger partial charge in [0.1, 0.15) is 16.3 Å². The average molecular weight is 350 g/mol. The summed E-state index contributed by atoms with van der Waals surface area (Å²) in [5.41, 5.74) is 5.81. The highest BCUT2D eigenvalue weighted by atomic mass is 32.2. The molecule has 2 aromatic rings. The quantitative estimate of drug-likeness (QED) is 0.392. The van der Waals surface area contributed by atoms with Crippen molar-refractivity contribution < 1.29 is 17.5 Å². The van der Waals surface area contributed by atoms with Crippen LogP contribution < -0.4 is 9.92 Å². The van der Waals surface area contributed by atoms with E-state index in [4.69, 9.17) is 9.92 Å². The molecule has 0 aliphatic rings. The van der Waals surface area contributed by atoms with E-state index in [1.54, 1.807) is 24.3 Å². The van der Waals surface area contributed by atoms with Crippen molar-refractivity contribution in [3.63, 3.8) is 0 Å². The SMILES string of the molecule is CC(C)(C)c1ccc(OS(=O)(=O)c2ccc(N)c([N+](=O)[O-])c2)cc1. The van der Waals surface area contributed by atoms with Crippen molar-refractivity contribution in [3.05, 3.63) is 58.1 Å². The molecule has 0 aliphatic carbocycles. The lowest BCUT2D eigenvalue weighted by molar-refractivity contribution is -0.384. The van der Waals surface area contributed by atoms with Crippen molar-refractivity contribution in [2.45, 2.75) is 31.1 Å². The molecule has 0 atom stereocenters. The monoisotopic (exact) mass is 350 g/mol. The molecule has 128 valence electrons. The predicted octanol–water partition coefficient (Wildman–Crippen LogP) is 3.24. The Balaban J connectivity index is 2.32. The lowest BCUT2D eigenvalue weighted by Crippen LogP contribution is -2.12. The van der Waals surface area contributed by atoms with Gasteiger partial charge in [-0.3, -0.25) is 10.1 Å². The van der Waals surface area contributed by atoms with Crippen molar-refractivity contribution in [2.75, 3.05) is 5.73 Å². The molecule has 8 heteroatoms. The van der Waals surface area contributed by atoms with Crippen LogP contribution in [0.5, 0.6) is 5.75 Å². The van der Waals surface area contributed by atoms with Gasteiger partial charge >= 0.3 is 10.1 Å². The number of hydrogen-bond acceptors (Lipinski definition) is 6. The molecule has 0 radical (unpaired) electrons. The number of anilines is 1. The number of nitro benzene ring substituents is 1. The molecule has 0 bridgehead atoms. The molecule has 24 heavy (non-hydrogen) atoms. The standard InChI is InChI=1S/C16H18N2O5S/c1-16(2,3)11-4-6-12(7-5-11)23-24(21,22)13-8-9-14(17)15(10-13)18(19)20/h4-10H,17H2,1-3H3. The Kier molecular flexibility index (Phi) is 4.52. The fraction of sp³-hybridized carbons (Fsp3) is 0.250. The van der Waals surface area contributed by atoms with Gasteiger partial charge in [-0.25, -0.2) is 0 Å². The van der Waals surface area contributed by atoms with E-state index in [1.807, 2.05) is 20.8 Å². The fourth-order valence-corrected chi connectivity index (χ4v) is 2.97. The molecule has 0 heterocycles. The van der Waals surface area contributed by atoms with Crippen LogP contribution in [0.4, 0.5) is 11.4 Å². The number of hydrogen-bond donors (Lipinski definition) is 1. The van der Waals surface area contributed by atoms with Crippen LogP contribution in [0.25, 0.3) is 0 Å². The third-order valence-electron chi connectivity index (χ3n) is 3.41. The Morgan fingerprint density at radius 3 is 2.17 bits per heavy atom. The lowest BCUT2D eigenvalue weighted by atomic mass is 9.87. The molecular weight excluding hydrogens is 332 g/mol. The maximum atomic E-state index is 12.3. The van der Waals surface area contributed by atoms with E-state index in [2.05, 4.69) is 0 Å². The van der Waals surface area contributed by atoms with Gasteiger partial charge in [0.25, 0.3) is 5.69 Å². The smallest absolute Gasteiger partial charge is 0.339 e. The zero-order valence-electron chi connectivity index (χ0n) is 13.5. The number of nitro groups is 1. The Bertz CT molecular complexity index is 868. The minimum atomic E-state index is -4.19. The number of nitrogen functional groups attached to an aromatic ring is 1. The fourth-order valence-electron chi connectivity index (χ4n) is 2.02. The molecule has 0 aliphatic heterocycles. The first-order valence-corrected chi connectivity index (χ1v) is 8.50. The highest BCUT2D eigenvalue weighted by Gasteiger charge is 2.22. The van der Waals surface area contributed by atoms with Crippen molar-refractivity contribution in [1.82, 2.24) is 0 Å². The topological polar surface area (TPSA) is 113 Å². The van der Waals surface area contributed by atoms with Crippen LogP contribution in [0.2, 0.25) is 0 Å². The van der Waals surface area contributed by atoms with Crippen LogP contribution in [0.3, 0.4) is 0 Å². The van der Waals surface area contributed by atoms with Gasteiger partial charge in [0.05, 0.1) is 4.92 Å². The lowest BCUT2D eigenvalue weighted by Gasteiger charge is -2.19. The van der Waals surface area contributed by atoms with Crippen molar-refractivity contribution in [2.24, 2.45) is 0 Å². The van der Waals surface area contributed by atoms with E-state index in [0.717, 1.165) is 17.7 Å². The normalized spacial score (nSPS) is 12.0. The molecule has 0 unspecified atom stereocenters.